The molecule has 0 aromatic carbocycles. The number of Topliss-reactive ketones (excluding diaryl/α,β-unsaturated/α-hetero) is 1. The number of carbonyl (C=O) groups is 2. The molecule has 5 N–H and O–H groups in total. The predicted octanol–water partition coefficient (Wildman–Crippen LogP) is 8.13. The van der Waals surface area contributed by atoms with E-state index >= 15 is 0 Å². The highest BCUT2D eigenvalue weighted by atomic mass is 79.9. The van der Waals surface area contributed by atoms with E-state index in [9.17, 15) is 35.9 Å². The van der Waals surface area contributed by atoms with Gasteiger partial charge in [-0.25, -0.2) is 56.2 Å². The quantitative estimate of drug-likeness (QED) is 0.0799. The smallest absolute Gasteiger partial charge is 0.423 e. The van der Waals surface area contributed by atoms with Crippen LogP contribution in [0.1, 0.15) is 34.4 Å². The van der Waals surface area contributed by atoms with E-state index < -0.39 is 60.4 Å². The van der Waals surface area contributed by atoms with E-state index in [4.69, 9.17) is 15.8 Å². The molecule has 0 bridgehead atoms. The standard InChI is InChI=1S/C16H15F2N3OS.C13H12F2N4S.C10H11BF2N2O2.C5H5BrN2OS.2CH4/c1-9(22)4-11-8-23-15(20-11)10-2-3-14(19-5-10)21-6-12-13(7-21)16(12,17)18;14-13(15)8-4-19(5-9(8)13)11-2-1-7(3-17-11)12-18-10(16)6-20-12;12-10(13)7-4-15(5-8(7)10)9-2-1-6(3-14-9)11(16)17;1-3(9)7-4-2-10-5(6)8-4;;/h2-3,5,8,12-13H,4,6-7H2,1H3;1-3,6,8-9H,4-5,16H2;1-3,7-8,16-17H,4-5H2;2H,1H3,(H,7,9);2*1H4. The van der Waals surface area contributed by atoms with Crippen LogP contribution in [0.5, 0.6) is 0 Å². The molecule has 6 aromatic heterocycles. The number of fused-ring (bicyclic) bond motifs is 3. The average molecular weight is 1120 g/mol. The van der Waals surface area contributed by atoms with Gasteiger partial charge in [0.2, 0.25) is 5.91 Å². The van der Waals surface area contributed by atoms with Crippen molar-refractivity contribution in [1.29, 1.82) is 0 Å². The van der Waals surface area contributed by atoms with Crippen LogP contribution in [-0.2, 0) is 16.0 Å². The first-order chi connectivity index (χ1) is 33.2. The first kappa shape index (κ1) is 54.5. The van der Waals surface area contributed by atoms with Crippen molar-refractivity contribution >= 4 is 103 Å². The van der Waals surface area contributed by atoms with Gasteiger partial charge in [0.15, 0.2) is 3.92 Å². The lowest BCUT2D eigenvalue weighted by Crippen LogP contribution is -2.32. The molecule has 1 amide bonds. The van der Waals surface area contributed by atoms with Crippen LogP contribution in [0, 0.1) is 35.5 Å². The van der Waals surface area contributed by atoms with Gasteiger partial charge in [-0.3, -0.25) is 9.59 Å². The topological polar surface area (TPSA) is 200 Å². The Morgan fingerprint density at radius 1 is 0.667 bits per heavy atom. The summed E-state index contributed by atoms with van der Waals surface area (Å²) in [4.78, 5) is 52.6. The minimum atomic E-state index is -2.49. The molecule has 6 atom stereocenters. The number of hydrogen-bond donors (Lipinski definition) is 4. The largest absolute Gasteiger partial charge is 0.490 e. The van der Waals surface area contributed by atoms with Crippen molar-refractivity contribution in [1.82, 2.24) is 29.9 Å². The van der Waals surface area contributed by atoms with Crippen LogP contribution in [0.3, 0.4) is 0 Å². The van der Waals surface area contributed by atoms with Crippen LogP contribution in [-0.4, -0.2) is 116 Å². The number of piperidine rings is 3. The summed E-state index contributed by atoms with van der Waals surface area (Å²) in [5, 5.41) is 27.4. The molecule has 6 aliphatic rings. The number of rotatable bonds is 9. The molecule has 15 nitrogen and oxygen atoms in total. The number of carbonyl (C=O) groups excluding carboxylic acids is 2. The molecule has 9 heterocycles. The van der Waals surface area contributed by atoms with Crippen LogP contribution in [0.15, 0.2) is 75.0 Å². The average Bonchev–Trinajstić information content (AvgIpc) is 3.97. The van der Waals surface area contributed by atoms with E-state index in [1.165, 1.54) is 53.2 Å². The van der Waals surface area contributed by atoms with Gasteiger partial charge in [0.05, 0.1) is 41.2 Å². The lowest BCUT2D eigenvalue weighted by Gasteiger charge is -2.20. The number of nitrogens with two attached hydrogens (primary N) is 1. The molecule has 12 rings (SSSR count). The maximum absolute atomic E-state index is 13.2. The summed E-state index contributed by atoms with van der Waals surface area (Å²) in [6, 6.07) is 10.7. The van der Waals surface area contributed by atoms with E-state index in [0.29, 0.717) is 68.6 Å². The number of nitrogens with one attached hydrogen (secondary N) is 1. The third kappa shape index (κ3) is 11.7. The van der Waals surface area contributed by atoms with E-state index in [1.54, 1.807) is 41.0 Å². The molecule has 3 saturated carbocycles. The Kier molecular flexibility index (Phi) is 16.1. The summed E-state index contributed by atoms with van der Waals surface area (Å²) in [7, 11) is -1.55. The number of hydrogen-bond acceptors (Lipinski definition) is 17. The second-order valence-corrected chi connectivity index (χ2v) is 21.6. The molecule has 0 radical (unpaired) electrons. The number of ketones is 1. The Bertz CT molecular complexity index is 2810. The highest BCUT2D eigenvalue weighted by molar-refractivity contribution is 9.11. The number of halogens is 7. The molecule has 0 spiro atoms. The van der Waals surface area contributed by atoms with E-state index in [-0.39, 0.29) is 26.5 Å². The molecule has 384 valence electrons. The van der Waals surface area contributed by atoms with Crippen molar-refractivity contribution in [3.8, 4) is 21.1 Å². The van der Waals surface area contributed by atoms with E-state index in [1.807, 2.05) is 39.4 Å². The molecular weight excluding hydrogens is 1070 g/mol. The third-order valence-electron chi connectivity index (χ3n) is 12.9. The highest BCUT2D eigenvalue weighted by Gasteiger charge is 2.73. The fourth-order valence-electron chi connectivity index (χ4n) is 8.91. The lowest BCUT2D eigenvalue weighted by molar-refractivity contribution is -0.116. The van der Waals surface area contributed by atoms with Gasteiger partial charge in [-0.05, 0) is 53.2 Å². The van der Waals surface area contributed by atoms with E-state index in [0.717, 1.165) is 42.4 Å². The van der Waals surface area contributed by atoms with Gasteiger partial charge in [0, 0.05) is 104 Å². The second-order valence-electron chi connectivity index (χ2n) is 17.8. The summed E-state index contributed by atoms with van der Waals surface area (Å²) in [5.74, 6) is -7.27. The number of amides is 1. The minimum Gasteiger partial charge on any atom is -0.423 e. The van der Waals surface area contributed by atoms with Crippen molar-refractivity contribution in [2.75, 3.05) is 65.0 Å². The zero-order valence-electron chi connectivity index (χ0n) is 37.1. The maximum atomic E-state index is 13.2. The molecule has 3 saturated heterocycles. The van der Waals surface area contributed by atoms with Gasteiger partial charge >= 0.3 is 7.12 Å². The van der Waals surface area contributed by atoms with Gasteiger partial charge in [0.1, 0.15) is 44.9 Å². The van der Waals surface area contributed by atoms with Gasteiger partial charge in [-0.15, -0.1) is 34.0 Å². The second kappa shape index (κ2) is 21.3. The molecule has 3 aliphatic heterocycles. The molecule has 6 unspecified atom stereocenters. The zero-order valence-corrected chi connectivity index (χ0v) is 41.1. The first-order valence-electron chi connectivity index (χ1n) is 21.9. The Labute approximate surface area is 432 Å². The number of anilines is 5. The van der Waals surface area contributed by atoms with Crippen molar-refractivity contribution in [3.63, 3.8) is 0 Å². The number of alkyl halides is 6. The van der Waals surface area contributed by atoms with E-state index in [2.05, 4.69) is 51.2 Å². The fraction of sp³-hybridized carbons (Fsp3) is 0.435. The van der Waals surface area contributed by atoms with Gasteiger partial charge in [0.25, 0.3) is 17.8 Å². The van der Waals surface area contributed by atoms with Crippen LogP contribution >= 0.6 is 49.9 Å². The van der Waals surface area contributed by atoms with Crippen LogP contribution in [0.4, 0.5) is 55.4 Å². The number of thiazole rings is 3. The van der Waals surface area contributed by atoms with Crippen molar-refractivity contribution in [3.05, 3.63) is 80.7 Å². The molecule has 26 heteroatoms. The highest BCUT2D eigenvalue weighted by Crippen LogP contribution is 2.61. The first-order valence-corrected chi connectivity index (χ1v) is 25.3. The number of nitrogens with zero attached hydrogens (tertiary/aromatic N) is 9. The monoisotopic (exact) mass is 1120 g/mol. The Balaban J connectivity index is 0.000000144. The van der Waals surface area contributed by atoms with Crippen LogP contribution < -0.4 is 31.2 Å². The summed E-state index contributed by atoms with van der Waals surface area (Å²) in [6.07, 6.45) is 5.12. The van der Waals surface area contributed by atoms with Gasteiger partial charge < -0.3 is 35.8 Å². The number of pyridine rings is 3. The zero-order chi connectivity index (χ0) is 49.9. The van der Waals surface area contributed by atoms with Gasteiger partial charge in [-0.1, -0.05) is 20.9 Å². The van der Waals surface area contributed by atoms with Crippen molar-refractivity contribution in [2.24, 2.45) is 35.5 Å². The SMILES string of the molecule is C.C.CC(=O)Cc1csc(-c2ccc(N3CC4C(C3)C4(F)F)nc2)n1.CC(=O)Nc1csc(Br)n1.Nc1csc(-c2ccc(N3CC4C(C3)C4(F)F)nc2)n1.OB(O)c1ccc(N2CC3C(C2)C3(F)F)nc1. The van der Waals surface area contributed by atoms with Crippen LogP contribution in [0.2, 0.25) is 0 Å². The Morgan fingerprint density at radius 3 is 1.43 bits per heavy atom. The Hall–Kier alpha value is -5.28. The maximum Gasteiger partial charge on any atom is 0.490 e. The molecule has 6 fully saturated rings. The minimum absolute atomic E-state index is 0. The van der Waals surface area contributed by atoms with Crippen LogP contribution in [0.25, 0.3) is 21.1 Å². The van der Waals surface area contributed by atoms with Crippen molar-refractivity contribution < 1.29 is 46.0 Å². The lowest BCUT2D eigenvalue weighted by atomic mass is 9.82. The Morgan fingerprint density at radius 2 is 1.10 bits per heavy atom. The summed E-state index contributed by atoms with van der Waals surface area (Å²) in [6.45, 7) is 5.20. The van der Waals surface area contributed by atoms with Gasteiger partial charge in [-0.2, -0.15) is 0 Å². The molecule has 6 aromatic rings. The molecule has 72 heavy (non-hydrogen) atoms. The molecular formula is C46H51BBrF6N11O4S3. The molecule has 3 aliphatic carbocycles. The number of aromatic nitrogens is 6. The normalized spacial score (nSPS) is 23.4. The number of nitrogen functional groups attached to an aromatic ring is 1. The third-order valence-corrected chi connectivity index (χ3v) is 16.1. The fourth-order valence-corrected chi connectivity index (χ4v) is 11.4. The van der Waals surface area contributed by atoms with Crippen molar-refractivity contribution in [2.45, 2.75) is 52.9 Å². The summed E-state index contributed by atoms with van der Waals surface area (Å²) >= 11 is 7.55. The predicted molar refractivity (Wildman–Crippen MR) is 274 cm³/mol. The summed E-state index contributed by atoms with van der Waals surface area (Å²) in [5.41, 5.74) is 8.42. The summed E-state index contributed by atoms with van der Waals surface area (Å²) < 4.78 is 79.5.